The van der Waals surface area contributed by atoms with Gasteiger partial charge in [-0.05, 0) is 31.2 Å². The topological polar surface area (TPSA) is 78.4 Å². The van der Waals surface area contributed by atoms with Gasteiger partial charge in [-0.3, -0.25) is 9.59 Å². The summed E-state index contributed by atoms with van der Waals surface area (Å²) < 4.78 is 0.922. The van der Waals surface area contributed by atoms with E-state index in [0.29, 0.717) is 31.6 Å². The second-order valence-corrected chi connectivity index (χ2v) is 8.68. The first-order valence-electron chi connectivity index (χ1n) is 10.3. The molecule has 0 bridgehead atoms. The Bertz CT molecular complexity index is 893. The highest BCUT2D eigenvalue weighted by Crippen LogP contribution is 2.19. The average molecular weight is 474 g/mol. The Morgan fingerprint density at radius 2 is 1.77 bits per heavy atom. The Balaban J connectivity index is 1.46. The van der Waals surface area contributed by atoms with E-state index in [0.717, 1.165) is 34.9 Å². The molecule has 1 aliphatic heterocycles. The highest BCUT2D eigenvalue weighted by Gasteiger charge is 2.22. The third kappa shape index (κ3) is 5.78. The number of halogens is 1. The summed E-state index contributed by atoms with van der Waals surface area (Å²) in [7, 11) is 0. The predicted molar refractivity (Wildman–Crippen MR) is 121 cm³/mol. The van der Waals surface area contributed by atoms with E-state index < -0.39 is 0 Å². The minimum Gasteiger partial charge on any atom is -0.353 e. The van der Waals surface area contributed by atoms with Gasteiger partial charge in [-0.1, -0.05) is 29.8 Å². The van der Waals surface area contributed by atoms with Crippen LogP contribution in [0.3, 0.4) is 0 Å². The minimum atomic E-state index is -0.166. The van der Waals surface area contributed by atoms with Crippen LogP contribution < -0.4 is 10.2 Å². The van der Waals surface area contributed by atoms with Gasteiger partial charge >= 0.3 is 0 Å². The number of carbonyl (C=O) groups excluding carboxylic acids is 2. The summed E-state index contributed by atoms with van der Waals surface area (Å²) in [5, 5.41) is 2.82. The molecule has 3 rings (SSSR count). The van der Waals surface area contributed by atoms with Crippen molar-refractivity contribution in [2.24, 2.45) is 0 Å². The molecule has 0 aliphatic carbocycles. The van der Waals surface area contributed by atoms with Crippen LogP contribution in [0.5, 0.6) is 0 Å². The van der Waals surface area contributed by atoms with Crippen molar-refractivity contribution in [3.63, 3.8) is 0 Å². The van der Waals surface area contributed by atoms with E-state index in [4.69, 9.17) is 4.98 Å². The lowest BCUT2D eigenvalue weighted by atomic mass is 10.2. The first-order valence-corrected chi connectivity index (χ1v) is 11.0. The SMILES string of the molecule is Cc1cc(N2CCN(C(=O)CCNC(=O)c3ccc(Br)cc3)CC2)nc(C(C)C)n1. The molecule has 1 aliphatic rings. The van der Waals surface area contributed by atoms with Crippen LogP contribution in [-0.4, -0.2) is 59.4 Å². The van der Waals surface area contributed by atoms with Crippen LogP contribution in [0.1, 0.15) is 48.1 Å². The highest BCUT2D eigenvalue weighted by atomic mass is 79.9. The molecule has 1 N–H and O–H groups in total. The third-order valence-electron chi connectivity index (χ3n) is 5.06. The normalized spacial score (nSPS) is 14.2. The van der Waals surface area contributed by atoms with Gasteiger partial charge < -0.3 is 15.1 Å². The first kappa shape index (κ1) is 22.2. The van der Waals surface area contributed by atoms with E-state index in [1.807, 2.05) is 30.0 Å². The van der Waals surface area contributed by atoms with Gasteiger partial charge in [0.2, 0.25) is 5.91 Å². The Morgan fingerprint density at radius 3 is 2.40 bits per heavy atom. The van der Waals surface area contributed by atoms with Crippen LogP contribution >= 0.6 is 15.9 Å². The Kier molecular flexibility index (Phi) is 7.42. The maximum Gasteiger partial charge on any atom is 0.251 e. The number of amides is 2. The summed E-state index contributed by atoms with van der Waals surface area (Å²) in [5.41, 5.74) is 1.55. The zero-order valence-electron chi connectivity index (χ0n) is 17.7. The van der Waals surface area contributed by atoms with E-state index in [9.17, 15) is 9.59 Å². The molecule has 1 fully saturated rings. The minimum absolute atomic E-state index is 0.0625. The van der Waals surface area contributed by atoms with Crippen molar-refractivity contribution < 1.29 is 9.59 Å². The lowest BCUT2D eigenvalue weighted by molar-refractivity contribution is -0.131. The molecular weight excluding hydrogens is 446 g/mol. The summed E-state index contributed by atoms with van der Waals surface area (Å²) in [6.07, 6.45) is 0.298. The lowest BCUT2D eigenvalue weighted by Crippen LogP contribution is -2.49. The van der Waals surface area contributed by atoms with E-state index >= 15 is 0 Å². The molecule has 2 amide bonds. The molecule has 0 atom stereocenters. The van der Waals surface area contributed by atoms with Gasteiger partial charge in [0.25, 0.3) is 5.91 Å². The second kappa shape index (κ2) is 10.0. The number of carbonyl (C=O) groups is 2. The molecule has 2 heterocycles. The maximum atomic E-state index is 12.5. The van der Waals surface area contributed by atoms with E-state index in [1.165, 1.54) is 0 Å². The molecule has 1 saturated heterocycles. The zero-order chi connectivity index (χ0) is 21.7. The summed E-state index contributed by atoms with van der Waals surface area (Å²) >= 11 is 3.35. The van der Waals surface area contributed by atoms with Gasteiger partial charge in [-0.2, -0.15) is 0 Å². The number of piperazine rings is 1. The molecule has 1 aromatic carbocycles. The first-order chi connectivity index (χ1) is 14.3. The predicted octanol–water partition coefficient (Wildman–Crippen LogP) is 3.14. The summed E-state index contributed by atoms with van der Waals surface area (Å²) in [6, 6.07) is 9.15. The van der Waals surface area contributed by atoms with Crippen molar-refractivity contribution in [1.29, 1.82) is 0 Å². The van der Waals surface area contributed by atoms with E-state index in [2.05, 4.69) is 45.0 Å². The number of nitrogens with zero attached hydrogens (tertiary/aromatic N) is 4. The van der Waals surface area contributed by atoms with E-state index in [1.54, 1.807) is 12.1 Å². The second-order valence-electron chi connectivity index (χ2n) is 7.76. The van der Waals surface area contributed by atoms with Gasteiger partial charge in [0, 0.05) is 66.9 Å². The fraction of sp³-hybridized carbons (Fsp3) is 0.455. The van der Waals surface area contributed by atoms with Crippen LogP contribution in [0.15, 0.2) is 34.8 Å². The van der Waals surface area contributed by atoms with Crippen molar-refractivity contribution in [1.82, 2.24) is 20.2 Å². The number of rotatable bonds is 6. The number of hydrogen-bond donors (Lipinski definition) is 1. The standard InChI is InChI=1S/C22H28BrN5O2/c1-15(2)21-25-16(3)14-19(26-21)27-10-12-28(13-11-27)20(29)8-9-24-22(30)17-4-6-18(23)7-5-17/h4-7,14-15H,8-13H2,1-3H3,(H,24,30). The summed E-state index contributed by atoms with van der Waals surface area (Å²) in [5.74, 6) is 1.96. The molecule has 0 unspecified atom stereocenters. The third-order valence-corrected chi connectivity index (χ3v) is 5.59. The van der Waals surface area contributed by atoms with Crippen molar-refractivity contribution in [3.05, 3.63) is 51.9 Å². The van der Waals surface area contributed by atoms with Gasteiger partial charge in [0.05, 0.1) is 0 Å². The Morgan fingerprint density at radius 1 is 1.10 bits per heavy atom. The van der Waals surface area contributed by atoms with Gasteiger partial charge in [-0.15, -0.1) is 0 Å². The van der Waals surface area contributed by atoms with Crippen molar-refractivity contribution in [2.45, 2.75) is 33.1 Å². The molecule has 2 aromatic rings. The number of aromatic nitrogens is 2. The lowest BCUT2D eigenvalue weighted by Gasteiger charge is -2.35. The molecule has 1 aromatic heterocycles. The van der Waals surface area contributed by atoms with Gasteiger partial charge in [0.15, 0.2) is 0 Å². The maximum absolute atomic E-state index is 12.5. The molecule has 7 nitrogen and oxygen atoms in total. The smallest absolute Gasteiger partial charge is 0.251 e. The Hall–Kier alpha value is -2.48. The largest absolute Gasteiger partial charge is 0.353 e. The van der Waals surface area contributed by atoms with Crippen LogP contribution in [0.2, 0.25) is 0 Å². The Labute approximate surface area is 186 Å². The van der Waals surface area contributed by atoms with Crippen molar-refractivity contribution in [3.8, 4) is 0 Å². The number of nitrogens with one attached hydrogen (secondary N) is 1. The van der Waals surface area contributed by atoms with Crippen molar-refractivity contribution in [2.75, 3.05) is 37.6 Å². The fourth-order valence-electron chi connectivity index (χ4n) is 3.32. The van der Waals surface area contributed by atoms with Gasteiger partial charge in [-0.25, -0.2) is 9.97 Å². The van der Waals surface area contributed by atoms with Gasteiger partial charge in [0.1, 0.15) is 11.6 Å². The van der Waals surface area contributed by atoms with Crippen LogP contribution in [0.4, 0.5) is 5.82 Å². The molecule has 0 saturated carbocycles. The fourth-order valence-corrected chi connectivity index (χ4v) is 3.59. The monoisotopic (exact) mass is 473 g/mol. The van der Waals surface area contributed by atoms with Crippen LogP contribution in [0.25, 0.3) is 0 Å². The summed E-state index contributed by atoms with van der Waals surface area (Å²) in [4.78, 5) is 37.9. The highest BCUT2D eigenvalue weighted by molar-refractivity contribution is 9.10. The molecule has 8 heteroatoms. The molecule has 0 spiro atoms. The number of benzene rings is 1. The number of anilines is 1. The van der Waals surface area contributed by atoms with E-state index in [-0.39, 0.29) is 17.7 Å². The van der Waals surface area contributed by atoms with Crippen LogP contribution in [0, 0.1) is 6.92 Å². The molecule has 160 valence electrons. The molecular formula is C22H28BrN5O2. The number of aryl methyl sites for hydroxylation is 1. The van der Waals surface area contributed by atoms with Crippen molar-refractivity contribution >= 4 is 33.6 Å². The quantitative estimate of drug-likeness (QED) is 0.696. The molecule has 30 heavy (non-hydrogen) atoms. The van der Waals surface area contributed by atoms with Crippen LogP contribution in [-0.2, 0) is 4.79 Å². The average Bonchev–Trinajstić information content (AvgIpc) is 2.73. The summed E-state index contributed by atoms with van der Waals surface area (Å²) in [6.45, 7) is 9.28. The zero-order valence-corrected chi connectivity index (χ0v) is 19.3. The number of hydrogen-bond acceptors (Lipinski definition) is 5. The molecule has 0 radical (unpaired) electrons.